The van der Waals surface area contributed by atoms with E-state index >= 15 is 0 Å². The van der Waals surface area contributed by atoms with Crippen molar-refractivity contribution in [2.75, 3.05) is 32.5 Å². The van der Waals surface area contributed by atoms with Crippen molar-refractivity contribution in [3.63, 3.8) is 0 Å². The van der Waals surface area contributed by atoms with Gasteiger partial charge in [0.1, 0.15) is 17.7 Å². The molecule has 4 atom stereocenters. The number of anilines is 1. The number of carbonyl (C=O) groups is 2. The van der Waals surface area contributed by atoms with Crippen LogP contribution in [0.2, 0.25) is 0 Å². The molecule has 17 heteroatoms. The lowest BCUT2D eigenvalue weighted by Gasteiger charge is -2.23. The van der Waals surface area contributed by atoms with Gasteiger partial charge in [-0.2, -0.15) is 4.98 Å². The number of nitrogen functional groups attached to an aromatic ring is 1. The zero-order chi connectivity index (χ0) is 29.4. The van der Waals surface area contributed by atoms with Gasteiger partial charge >= 0.3 is 19.8 Å². The fourth-order valence-corrected chi connectivity index (χ4v) is 4.56. The van der Waals surface area contributed by atoms with Gasteiger partial charge in [0.25, 0.3) is 0 Å². The van der Waals surface area contributed by atoms with Crippen LogP contribution in [0.15, 0.2) is 6.20 Å². The van der Waals surface area contributed by atoms with Crippen molar-refractivity contribution in [2.24, 2.45) is 10.8 Å². The van der Waals surface area contributed by atoms with Crippen LogP contribution in [-0.2, 0) is 41.9 Å². The molecule has 2 unspecified atom stereocenters. The summed E-state index contributed by atoms with van der Waals surface area (Å²) in [4.78, 5) is 27.9. The van der Waals surface area contributed by atoms with Crippen molar-refractivity contribution in [1.29, 1.82) is 0 Å². The first kappa shape index (κ1) is 31.5. The van der Waals surface area contributed by atoms with E-state index < -0.39 is 80.6 Å². The van der Waals surface area contributed by atoms with E-state index in [1.54, 1.807) is 41.5 Å². The van der Waals surface area contributed by atoms with Crippen molar-refractivity contribution >= 4 is 37.8 Å². The van der Waals surface area contributed by atoms with Crippen LogP contribution in [0.25, 0.3) is 0 Å². The summed E-state index contributed by atoms with van der Waals surface area (Å²) < 4.78 is 60.0. The molecule has 0 aromatic carbocycles. The Balaban J connectivity index is 1.71. The number of halogens is 1. The maximum absolute atomic E-state index is 14.1. The molecule has 0 bridgehead atoms. The molecule has 0 saturated carbocycles. The van der Waals surface area contributed by atoms with Gasteiger partial charge in [-0.1, -0.05) is 0 Å². The van der Waals surface area contributed by atoms with Crippen molar-refractivity contribution in [3.05, 3.63) is 16.8 Å². The summed E-state index contributed by atoms with van der Waals surface area (Å²) in [5.41, 5.74) is 2.70. The third kappa shape index (κ3) is 7.38. The molecule has 1 aromatic rings. The summed E-state index contributed by atoms with van der Waals surface area (Å²) in [6, 6.07) is 0. The number of phosphoric acid groups is 1. The molecule has 1 aromatic heterocycles. The van der Waals surface area contributed by atoms with Crippen molar-refractivity contribution in [3.8, 4) is 0 Å². The van der Waals surface area contributed by atoms with Crippen LogP contribution in [0.1, 0.15) is 47.8 Å². The summed E-state index contributed by atoms with van der Waals surface area (Å²) >= 11 is 5.17. The van der Waals surface area contributed by atoms with Crippen molar-refractivity contribution in [2.45, 2.75) is 65.5 Å². The molecule has 2 saturated heterocycles. The summed E-state index contributed by atoms with van der Waals surface area (Å²) in [5.74, 6) is -2.51. The molecule has 3 heterocycles. The predicted molar refractivity (Wildman–Crippen MR) is 135 cm³/mol. The van der Waals surface area contributed by atoms with Crippen LogP contribution in [0.3, 0.4) is 0 Å². The number of nitrogens with one attached hydrogen (secondary N) is 1. The van der Waals surface area contributed by atoms with Gasteiger partial charge in [-0.25, -0.2) is 18.0 Å². The van der Waals surface area contributed by atoms with Gasteiger partial charge in [0, 0.05) is 12.7 Å². The Bertz CT molecular complexity index is 1160. The predicted octanol–water partition coefficient (Wildman–Crippen LogP) is 2.19. The van der Waals surface area contributed by atoms with E-state index in [1.807, 2.05) is 0 Å². The lowest BCUT2D eigenvalue weighted by atomic mass is 9.98. The molecule has 39 heavy (non-hydrogen) atoms. The van der Waals surface area contributed by atoms with Gasteiger partial charge in [-0.05, 0) is 53.8 Å². The van der Waals surface area contributed by atoms with Gasteiger partial charge in [-0.15, -0.1) is 0 Å². The standard InChI is InChI=1S/C22H34FN4O10PS/c1-20(2,3)17(29)32-10-35-38(31,36-11-33-18(30)21(4,5)6)34-8-13-14(28)22(9-25-22)16(37-13)27-7-12(23)15(24)26-19(27)39/h7,13-14,16,25,28H,8-11H2,1-6H3,(H2,24,26,39)/t13-,14?,16?,22+/m1/s1. The van der Waals surface area contributed by atoms with E-state index in [-0.39, 0.29) is 10.6 Å². The number of esters is 2. The summed E-state index contributed by atoms with van der Waals surface area (Å²) in [6.45, 7) is 7.82. The maximum atomic E-state index is 14.1. The lowest BCUT2D eigenvalue weighted by Crippen LogP contribution is -2.39. The molecule has 220 valence electrons. The molecule has 0 radical (unpaired) electrons. The summed E-state index contributed by atoms with van der Waals surface area (Å²) in [6.07, 6.45) is -2.34. The monoisotopic (exact) mass is 596 g/mol. The number of nitrogens with zero attached hydrogens (tertiary/aromatic N) is 2. The number of nitrogens with two attached hydrogens (primary N) is 1. The van der Waals surface area contributed by atoms with Gasteiger partial charge in [-0.3, -0.25) is 18.7 Å². The number of rotatable bonds is 10. The molecule has 14 nitrogen and oxygen atoms in total. The smallest absolute Gasteiger partial charge is 0.437 e. The first-order chi connectivity index (χ1) is 17.9. The number of aliphatic hydroxyl groups excluding tert-OH is 1. The SMILES string of the molecule is CC(C)(C)C(=O)OCOP(=O)(OCOC(=O)C(C)(C)C)OC[C@H]1OC(n2cc(F)c(N)nc2=S)[C@]2(CN2)C1O. The highest BCUT2D eigenvalue weighted by atomic mass is 32.1. The van der Waals surface area contributed by atoms with Crippen LogP contribution in [0, 0.1) is 21.4 Å². The zero-order valence-electron chi connectivity index (χ0n) is 22.5. The first-order valence-electron chi connectivity index (χ1n) is 11.9. The van der Waals surface area contributed by atoms with E-state index in [1.165, 1.54) is 4.57 Å². The molecule has 2 fully saturated rings. The molecule has 4 N–H and O–H groups in total. The Kier molecular flexibility index (Phi) is 9.24. The number of hydrogen-bond donors (Lipinski definition) is 3. The number of aliphatic hydroxyl groups is 1. The minimum Gasteiger partial charge on any atom is -0.437 e. The molecule has 0 amide bonds. The van der Waals surface area contributed by atoms with E-state index in [4.69, 9.17) is 45.7 Å². The second kappa shape index (κ2) is 11.4. The fourth-order valence-electron chi connectivity index (χ4n) is 3.39. The van der Waals surface area contributed by atoms with E-state index in [9.17, 15) is 23.7 Å². The van der Waals surface area contributed by atoms with Crippen LogP contribution >= 0.6 is 20.0 Å². The van der Waals surface area contributed by atoms with Crippen LogP contribution in [-0.4, -0.2) is 71.1 Å². The Morgan fingerprint density at radius 2 is 1.72 bits per heavy atom. The van der Waals surface area contributed by atoms with Gasteiger partial charge in [0.15, 0.2) is 17.9 Å². The number of aromatic nitrogens is 2. The average Bonchev–Trinajstić information content (AvgIpc) is 3.57. The number of hydrogen-bond acceptors (Lipinski definition) is 14. The fraction of sp³-hybridized carbons (Fsp3) is 0.727. The Morgan fingerprint density at radius 1 is 1.21 bits per heavy atom. The normalized spacial score (nSPS) is 25.1. The molecular weight excluding hydrogens is 562 g/mol. The van der Waals surface area contributed by atoms with Crippen LogP contribution in [0.5, 0.6) is 0 Å². The first-order valence-corrected chi connectivity index (χ1v) is 13.8. The minimum absolute atomic E-state index is 0.0839. The molecular formula is C22H34FN4O10PS. The lowest BCUT2D eigenvalue weighted by molar-refractivity contribution is -0.163. The molecule has 2 aliphatic heterocycles. The third-order valence-corrected chi connectivity index (χ3v) is 7.43. The molecule has 3 rings (SSSR count). The van der Waals surface area contributed by atoms with Crippen molar-refractivity contribution < 1.29 is 51.4 Å². The number of phosphoric ester groups is 1. The van der Waals surface area contributed by atoms with E-state index in [0.29, 0.717) is 6.54 Å². The average molecular weight is 597 g/mol. The Hall–Kier alpha value is -2.04. The zero-order valence-corrected chi connectivity index (χ0v) is 24.2. The van der Waals surface area contributed by atoms with Crippen molar-refractivity contribution in [1.82, 2.24) is 14.9 Å². The largest absolute Gasteiger partial charge is 0.480 e. The summed E-state index contributed by atoms with van der Waals surface area (Å²) in [5, 5.41) is 13.9. The maximum Gasteiger partial charge on any atom is 0.480 e. The topological polar surface area (TPSA) is 193 Å². The number of carbonyl (C=O) groups excluding carboxylic acids is 2. The second-order valence-electron chi connectivity index (χ2n) is 11.1. The van der Waals surface area contributed by atoms with Gasteiger partial charge in [0.05, 0.1) is 17.4 Å². The van der Waals surface area contributed by atoms with E-state index in [0.717, 1.165) is 6.20 Å². The third-order valence-electron chi connectivity index (χ3n) is 5.82. The molecule has 1 spiro atoms. The molecule has 2 aliphatic rings. The highest BCUT2D eigenvalue weighted by molar-refractivity contribution is 7.71. The van der Waals surface area contributed by atoms with Crippen LogP contribution in [0.4, 0.5) is 10.2 Å². The Morgan fingerprint density at radius 3 is 2.18 bits per heavy atom. The van der Waals surface area contributed by atoms with E-state index in [2.05, 4.69) is 10.3 Å². The minimum atomic E-state index is -4.53. The summed E-state index contributed by atoms with van der Waals surface area (Å²) in [7, 11) is -4.53. The Labute approximate surface area is 229 Å². The van der Waals surface area contributed by atoms with Gasteiger partial charge < -0.3 is 30.4 Å². The molecule has 0 aliphatic carbocycles. The number of ether oxygens (including phenoxy) is 3. The quantitative estimate of drug-likeness (QED) is 0.117. The highest BCUT2D eigenvalue weighted by Gasteiger charge is 2.64. The van der Waals surface area contributed by atoms with Crippen LogP contribution < -0.4 is 11.1 Å². The van der Waals surface area contributed by atoms with Gasteiger partial charge in [0.2, 0.25) is 18.4 Å². The second-order valence-corrected chi connectivity index (χ2v) is 13.2. The highest BCUT2D eigenvalue weighted by Crippen LogP contribution is 2.51.